The molecule has 0 spiro atoms. The first kappa shape index (κ1) is 21.9. The summed E-state index contributed by atoms with van der Waals surface area (Å²) >= 11 is 0. The lowest BCUT2D eigenvalue weighted by molar-refractivity contribution is -0.146. The molecule has 0 unspecified atom stereocenters. The van der Waals surface area contributed by atoms with Gasteiger partial charge in [-0.2, -0.15) is 0 Å². The topological polar surface area (TPSA) is 72.9 Å². The molecule has 0 N–H and O–H groups in total. The summed E-state index contributed by atoms with van der Waals surface area (Å²) in [7, 11) is 1.37. The van der Waals surface area contributed by atoms with E-state index in [1.807, 2.05) is 18.2 Å². The van der Waals surface area contributed by atoms with Crippen molar-refractivity contribution < 1.29 is 23.9 Å². The minimum absolute atomic E-state index is 0.106. The van der Waals surface area contributed by atoms with E-state index < -0.39 is 5.97 Å². The van der Waals surface area contributed by atoms with Crippen LogP contribution in [-0.2, 0) is 24.5 Å². The number of ketones is 1. The molecule has 2 rings (SSSR count). The molecule has 1 heterocycles. The first-order valence-corrected chi connectivity index (χ1v) is 9.87. The van der Waals surface area contributed by atoms with Crippen LogP contribution in [0, 0.1) is 5.92 Å². The molecule has 0 radical (unpaired) electrons. The van der Waals surface area contributed by atoms with Crippen molar-refractivity contribution >= 4 is 17.8 Å². The number of carbonyl (C=O) groups excluding carboxylic acids is 3. The fourth-order valence-corrected chi connectivity index (χ4v) is 3.99. The van der Waals surface area contributed by atoms with E-state index in [9.17, 15) is 14.4 Å². The van der Waals surface area contributed by atoms with Gasteiger partial charge in [0.1, 0.15) is 12.2 Å². The fourth-order valence-electron chi connectivity index (χ4n) is 3.99. The van der Waals surface area contributed by atoms with Crippen molar-refractivity contribution in [1.82, 2.24) is 4.90 Å². The Morgan fingerprint density at radius 2 is 1.86 bits per heavy atom. The Balaban J connectivity index is 2.14. The van der Waals surface area contributed by atoms with Crippen molar-refractivity contribution in [2.75, 3.05) is 20.3 Å². The van der Waals surface area contributed by atoms with E-state index in [1.54, 1.807) is 11.8 Å². The van der Waals surface area contributed by atoms with Crippen LogP contribution in [0.3, 0.4) is 0 Å². The van der Waals surface area contributed by atoms with Gasteiger partial charge in [0.15, 0.2) is 0 Å². The van der Waals surface area contributed by atoms with Gasteiger partial charge in [-0.25, -0.2) is 4.79 Å². The minimum atomic E-state index is -0.482. The minimum Gasteiger partial charge on any atom is -0.466 e. The first-order valence-electron chi connectivity index (χ1n) is 9.87. The van der Waals surface area contributed by atoms with E-state index in [-0.39, 0.29) is 42.3 Å². The Hall–Kier alpha value is -2.37. The van der Waals surface area contributed by atoms with Gasteiger partial charge in [-0.1, -0.05) is 44.2 Å². The summed E-state index contributed by atoms with van der Waals surface area (Å²) in [6, 6.07) is 10.0. The third-order valence-corrected chi connectivity index (χ3v) is 5.51. The van der Waals surface area contributed by atoms with E-state index in [1.165, 1.54) is 12.7 Å². The molecular weight excluding hydrogens is 358 g/mol. The number of methoxy groups -OCH3 is 1. The van der Waals surface area contributed by atoms with Crippen molar-refractivity contribution in [3.8, 4) is 0 Å². The Kier molecular flexibility index (Phi) is 7.61. The summed E-state index contributed by atoms with van der Waals surface area (Å²) in [5.41, 5.74) is 1.00. The normalized spacial score (nSPS) is 19.8. The molecule has 1 aromatic rings. The first-order chi connectivity index (χ1) is 13.3. The van der Waals surface area contributed by atoms with Crippen LogP contribution in [0.25, 0.3) is 0 Å². The van der Waals surface area contributed by atoms with Gasteiger partial charge in [0, 0.05) is 18.5 Å². The number of rotatable bonds is 7. The van der Waals surface area contributed by atoms with Crippen LogP contribution in [0.15, 0.2) is 30.3 Å². The Labute approximate surface area is 167 Å². The van der Waals surface area contributed by atoms with Crippen LogP contribution >= 0.6 is 0 Å². The summed E-state index contributed by atoms with van der Waals surface area (Å²) in [4.78, 5) is 38.3. The second-order valence-electron chi connectivity index (χ2n) is 7.94. The summed E-state index contributed by atoms with van der Waals surface area (Å²) in [6.07, 6.45) is 1.20. The van der Waals surface area contributed by atoms with Gasteiger partial charge >= 0.3 is 12.1 Å². The molecular formula is C22H31NO5. The molecule has 0 bridgehead atoms. The predicted octanol–water partition coefficient (Wildman–Crippen LogP) is 3.72. The fraction of sp³-hybridized carbons (Fsp3) is 0.591. The van der Waals surface area contributed by atoms with Gasteiger partial charge in [0.2, 0.25) is 0 Å². The number of hydrogen-bond donors (Lipinski definition) is 0. The third-order valence-electron chi connectivity index (χ3n) is 5.51. The summed E-state index contributed by atoms with van der Waals surface area (Å²) in [6.45, 7) is 6.71. The largest absolute Gasteiger partial charge is 0.466 e. The maximum Gasteiger partial charge on any atom is 0.409 e. The molecule has 0 aliphatic carbocycles. The monoisotopic (exact) mass is 389 g/mol. The molecule has 6 heteroatoms. The zero-order valence-corrected chi connectivity index (χ0v) is 17.3. The van der Waals surface area contributed by atoms with Crippen molar-refractivity contribution in [1.29, 1.82) is 0 Å². The van der Waals surface area contributed by atoms with Crippen molar-refractivity contribution in [2.24, 2.45) is 5.92 Å². The van der Waals surface area contributed by atoms with Crippen LogP contribution < -0.4 is 0 Å². The van der Waals surface area contributed by atoms with Crippen molar-refractivity contribution in [3.63, 3.8) is 0 Å². The molecule has 1 aliphatic rings. The molecule has 1 saturated heterocycles. The summed E-state index contributed by atoms with van der Waals surface area (Å²) in [5.74, 6) is -0.837. The second-order valence-corrected chi connectivity index (χ2v) is 7.94. The zero-order valence-electron chi connectivity index (χ0n) is 17.3. The quantitative estimate of drug-likeness (QED) is 0.525. The molecule has 1 fully saturated rings. The average molecular weight is 389 g/mol. The van der Waals surface area contributed by atoms with E-state index >= 15 is 0 Å². The third kappa shape index (κ3) is 5.57. The lowest BCUT2D eigenvalue weighted by atomic mass is 9.75. The standard InChI is InChI=1S/C22H31NO5/c1-5-28-20(25)14-19(24)16-11-12-23(21(26)27-4)18(13-16)15-22(2,3)17-9-7-6-8-10-17/h6-10,16,18H,5,11-15H2,1-4H3/t16-,18+/m0/s1. The number of esters is 1. The number of piperidine rings is 1. The highest BCUT2D eigenvalue weighted by Gasteiger charge is 2.38. The van der Waals surface area contributed by atoms with E-state index in [0.29, 0.717) is 25.8 Å². The molecule has 1 amide bonds. The highest BCUT2D eigenvalue weighted by Crippen LogP contribution is 2.35. The molecule has 1 aliphatic heterocycles. The van der Waals surface area contributed by atoms with Gasteiger partial charge in [-0.15, -0.1) is 0 Å². The van der Waals surface area contributed by atoms with Crippen LogP contribution in [0.1, 0.15) is 52.0 Å². The SMILES string of the molecule is CCOC(=O)CC(=O)[C@H]1CCN(C(=O)OC)[C@@H](CC(C)(C)c2ccccc2)C1. The average Bonchev–Trinajstić information content (AvgIpc) is 2.68. The smallest absolute Gasteiger partial charge is 0.409 e. The van der Waals surface area contributed by atoms with Crippen LogP contribution in [0.2, 0.25) is 0 Å². The maximum absolute atomic E-state index is 12.6. The lowest BCUT2D eigenvalue weighted by Crippen LogP contribution is -2.49. The van der Waals surface area contributed by atoms with Crippen LogP contribution in [-0.4, -0.2) is 49.0 Å². The Morgan fingerprint density at radius 3 is 2.46 bits per heavy atom. The van der Waals surface area contributed by atoms with Gasteiger partial charge in [0.25, 0.3) is 0 Å². The molecule has 1 aromatic carbocycles. The molecule has 0 saturated carbocycles. The lowest BCUT2D eigenvalue weighted by Gasteiger charge is -2.41. The predicted molar refractivity (Wildman–Crippen MR) is 106 cm³/mol. The molecule has 154 valence electrons. The van der Waals surface area contributed by atoms with E-state index in [4.69, 9.17) is 9.47 Å². The number of ether oxygens (including phenoxy) is 2. The molecule has 6 nitrogen and oxygen atoms in total. The van der Waals surface area contributed by atoms with Gasteiger partial charge in [-0.05, 0) is 37.2 Å². The Morgan fingerprint density at radius 1 is 1.18 bits per heavy atom. The number of carbonyl (C=O) groups is 3. The van der Waals surface area contributed by atoms with Crippen molar-refractivity contribution in [2.45, 2.75) is 57.9 Å². The Bertz CT molecular complexity index is 685. The maximum atomic E-state index is 12.6. The van der Waals surface area contributed by atoms with Crippen LogP contribution in [0.5, 0.6) is 0 Å². The number of hydrogen-bond acceptors (Lipinski definition) is 5. The number of benzene rings is 1. The zero-order chi connectivity index (χ0) is 20.7. The number of likely N-dealkylation sites (tertiary alicyclic amines) is 1. The van der Waals surface area contributed by atoms with Gasteiger partial charge in [-0.3, -0.25) is 9.59 Å². The number of nitrogens with zero attached hydrogens (tertiary/aromatic N) is 1. The van der Waals surface area contributed by atoms with E-state index in [0.717, 1.165) is 0 Å². The summed E-state index contributed by atoms with van der Waals surface area (Å²) < 4.78 is 9.86. The molecule has 0 aromatic heterocycles. The van der Waals surface area contributed by atoms with Gasteiger partial charge < -0.3 is 14.4 Å². The highest BCUT2D eigenvalue weighted by atomic mass is 16.5. The highest BCUT2D eigenvalue weighted by molar-refractivity contribution is 5.96. The molecule has 2 atom stereocenters. The van der Waals surface area contributed by atoms with Crippen molar-refractivity contribution in [3.05, 3.63) is 35.9 Å². The summed E-state index contributed by atoms with van der Waals surface area (Å²) in [5, 5.41) is 0. The van der Waals surface area contributed by atoms with Gasteiger partial charge in [0.05, 0.1) is 13.7 Å². The molecule has 28 heavy (non-hydrogen) atoms. The number of Topliss-reactive ketones (excluding diaryl/α,β-unsaturated/α-hetero) is 1. The van der Waals surface area contributed by atoms with Crippen LogP contribution in [0.4, 0.5) is 4.79 Å². The number of amides is 1. The van der Waals surface area contributed by atoms with E-state index in [2.05, 4.69) is 26.0 Å². The second kappa shape index (κ2) is 9.71.